The van der Waals surface area contributed by atoms with Crippen molar-refractivity contribution in [1.82, 2.24) is 4.98 Å². The Balaban J connectivity index is 3.34. The number of aromatic nitrogens is 1. The summed E-state index contributed by atoms with van der Waals surface area (Å²) in [5.74, 6) is -0.606. The van der Waals surface area contributed by atoms with Crippen molar-refractivity contribution >= 4 is 34.9 Å². The van der Waals surface area contributed by atoms with Crippen LogP contribution in [0.3, 0.4) is 0 Å². The lowest BCUT2D eigenvalue weighted by Gasteiger charge is -2.15. The third kappa shape index (κ3) is 2.52. The molecule has 4 nitrogen and oxygen atoms in total. The summed E-state index contributed by atoms with van der Waals surface area (Å²) < 4.78 is 4.54. The Bertz CT molecular complexity index is 394. The van der Waals surface area contributed by atoms with Crippen molar-refractivity contribution in [3.8, 4) is 0 Å². The molecule has 0 N–H and O–H groups in total. The van der Waals surface area contributed by atoms with E-state index >= 15 is 0 Å². The van der Waals surface area contributed by atoms with Crippen LogP contribution in [0.5, 0.6) is 0 Å². The summed E-state index contributed by atoms with van der Waals surface area (Å²) in [5, 5.41) is 0.430. The molecule has 6 heteroatoms. The first-order valence-corrected chi connectivity index (χ1v) is 4.84. The maximum absolute atomic E-state index is 11.3. The van der Waals surface area contributed by atoms with Gasteiger partial charge in [-0.05, 0) is 0 Å². The monoisotopic (exact) mass is 248 g/mol. The number of carbonyl (C=O) groups is 1. The summed E-state index contributed by atoms with van der Waals surface area (Å²) in [5.41, 5.74) is 0.646. The molecule has 0 aliphatic heterocycles. The van der Waals surface area contributed by atoms with Crippen LogP contribution >= 0.6 is 23.2 Å². The first-order valence-electron chi connectivity index (χ1n) is 4.09. The van der Waals surface area contributed by atoms with Crippen LogP contribution in [0.25, 0.3) is 0 Å². The Hall–Kier alpha value is -1.00. The number of halogens is 2. The van der Waals surface area contributed by atoms with E-state index in [1.807, 2.05) is 0 Å². The topological polar surface area (TPSA) is 42.4 Å². The van der Waals surface area contributed by atoms with Crippen molar-refractivity contribution in [1.29, 1.82) is 0 Å². The summed E-state index contributed by atoms with van der Waals surface area (Å²) in [6.07, 6.45) is 0. The molecule has 0 aliphatic carbocycles. The average molecular weight is 249 g/mol. The number of carbonyl (C=O) groups excluding carboxylic acids is 1. The molecule has 82 valence electrons. The molecule has 0 saturated carbocycles. The fourth-order valence-corrected chi connectivity index (χ4v) is 1.57. The highest BCUT2D eigenvalue weighted by Crippen LogP contribution is 2.29. The fourth-order valence-electron chi connectivity index (χ4n) is 1.04. The van der Waals surface area contributed by atoms with Crippen molar-refractivity contribution in [2.24, 2.45) is 0 Å². The number of methoxy groups -OCH3 is 1. The minimum absolute atomic E-state index is 0.0235. The van der Waals surface area contributed by atoms with Gasteiger partial charge in [-0.2, -0.15) is 0 Å². The first-order chi connectivity index (χ1) is 6.97. The van der Waals surface area contributed by atoms with Crippen LogP contribution in [0.1, 0.15) is 10.5 Å². The predicted molar refractivity (Wildman–Crippen MR) is 59.9 cm³/mol. The Morgan fingerprint density at radius 2 is 2.07 bits per heavy atom. The molecule has 0 fully saturated rings. The van der Waals surface area contributed by atoms with Gasteiger partial charge in [0, 0.05) is 20.2 Å². The molecule has 1 aromatic heterocycles. The van der Waals surface area contributed by atoms with E-state index in [2.05, 4.69) is 9.72 Å². The lowest BCUT2D eigenvalue weighted by atomic mass is 10.3. The van der Waals surface area contributed by atoms with Crippen LogP contribution < -0.4 is 4.90 Å². The molecule has 1 rings (SSSR count). The van der Waals surface area contributed by atoms with E-state index in [1.165, 1.54) is 7.11 Å². The standard InChI is InChI=1S/C9H10Cl2N2O2/c1-13(2)5-4-6(10)12-8(7(5)11)9(14)15-3/h4H,1-3H3. The zero-order valence-electron chi connectivity index (χ0n) is 8.54. The number of hydrogen-bond acceptors (Lipinski definition) is 4. The molecular weight excluding hydrogens is 239 g/mol. The number of rotatable bonds is 2. The van der Waals surface area contributed by atoms with Crippen LogP contribution in [0, 0.1) is 0 Å². The minimum atomic E-state index is -0.606. The van der Waals surface area contributed by atoms with Gasteiger partial charge >= 0.3 is 5.97 Å². The highest BCUT2D eigenvalue weighted by molar-refractivity contribution is 6.37. The molecule has 0 radical (unpaired) electrons. The maximum Gasteiger partial charge on any atom is 0.358 e. The second-order valence-corrected chi connectivity index (χ2v) is 3.78. The lowest BCUT2D eigenvalue weighted by Crippen LogP contribution is -2.13. The summed E-state index contributed by atoms with van der Waals surface area (Å²) in [6, 6.07) is 1.58. The SMILES string of the molecule is COC(=O)c1nc(Cl)cc(N(C)C)c1Cl. The predicted octanol–water partition coefficient (Wildman–Crippen LogP) is 2.24. The molecular formula is C9H10Cl2N2O2. The van der Waals surface area contributed by atoms with Gasteiger partial charge in [-0.15, -0.1) is 0 Å². The Kier molecular flexibility index (Phi) is 3.77. The lowest BCUT2D eigenvalue weighted by molar-refractivity contribution is 0.0594. The van der Waals surface area contributed by atoms with Gasteiger partial charge in [-0.1, -0.05) is 23.2 Å². The number of ether oxygens (including phenoxy) is 1. The molecule has 0 bridgehead atoms. The van der Waals surface area contributed by atoms with E-state index in [-0.39, 0.29) is 15.9 Å². The Labute approximate surface area is 97.8 Å². The Morgan fingerprint density at radius 1 is 1.47 bits per heavy atom. The maximum atomic E-state index is 11.3. The van der Waals surface area contributed by atoms with Crippen LogP contribution in [-0.4, -0.2) is 32.2 Å². The smallest absolute Gasteiger partial charge is 0.358 e. The van der Waals surface area contributed by atoms with Crippen molar-refractivity contribution in [2.45, 2.75) is 0 Å². The Morgan fingerprint density at radius 3 is 2.53 bits per heavy atom. The zero-order chi connectivity index (χ0) is 11.6. The average Bonchev–Trinajstić information content (AvgIpc) is 2.19. The second kappa shape index (κ2) is 4.68. The van der Waals surface area contributed by atoms with Gasteiger partial charge in [0.2, 0.25) is 0 Å². The van der Waals surface area contributed by atoms with Crippen LogP contribution in [0.4, 0.5) is 5.69 Å². The fraction of sp³-hybridized carbons (Fsp3) is 0.333. The highest BCUT2D eigenvalue weighted by atomic mass is 35.5. The minimum Gasteiger partial charge on any atom is -0.464 e. The van der Waals surface area contributed by atoms with E-state index < -0.39 is 5.97 Å². The van der Waals surface area contributed by atoms with E-state index in [0.717, 1.165) is 0 Å². The third-order valence-corrected chi connectivity index (χ3v) is 2.33. The van der Waals surface area contributed by atoms with Crippen molar-refractivity contribution in [3.05, 3.63) is 21.9 Å². The van der Waals surface area contributed by atoms with Crippen molar-refractivity contribution < 1.29 is 9.53 Å². The number of hydrogen-bond donors (Lipinski definition) is 0. The van der Waals surface area contributed by atoms with Gasteiger partial charge in [-0.25, -0.2) is 9.78 Å². The molecule has 1 aromatic rings. The summed E-state index contributed by atoms with van der Waals surface area (Å²) in [7, 11) is 4.84. The second-order valence-electron chi connectivity index (χ2n) is 3.01. The molecule has 0 atom stereocenters. The quantitative estimate of drug-likeness (QED) is 0.595. The van der Waals surface area contributed by atoms with E-state index in [4.69, 9.17) is 23.2 Å². The number of esters is 1. The number of pyridine rings is 1. The van der Waals surface area contributed by atoms with Gasteiger partial charge in [0.05, 0.1) is 17.8 Å². The van der Waals surface area contributed by atoms with Gasteiger partial charge < -0.3 is 9.64 Å². The van der Waals surface area contributed by atoms with Gasteiger partial charge in [-0.3, -0.25) is 0 Å². The summed E-state index contributed by atoms with van der Waals surface area (Å²) in [6.45, 7) is 0. The third-order valence-electron chi connectivity index (χ3n) is 1.77. The van der Waals surface area contributed by atoms with E-state index in [1.54, 1.807) is 25.1 Å². The van der Waals surface area contributed by atoms with Gasteiger partial charge in [0.1, 0.15) is 5.15 Å². The van der Waals surface area contributed by atoms with Crippen molar-refractivity contribution in [2.75, 3.05) is 26.1 Å². The van der Waals surface area contributed by atoms with Crippen LogP contribution in [0.2, 0.25) is 10.2 Å². The molecule has 1 heterocycles. The molecule has 0 saturated heterocycles. The molecule has 0 spiro atoms. The van der Waals surface area contributed by atoms with Crippen LogP contribution in [-0.2, 0) is 4.74 Å². The van der Waals surface area contributed by atoms with Gasteiger partial charge in [0.15, 0.2) is 5.69 Å². The zero-order valence-corrected chi connectivity index (χ0v) is 10.1. The van der Waals surface area contributed by atoms with E-state index in [0.29, 0.717) is 5.69 Å². The molecule has 0 unspecified atom stereocenters. The van der Waals surface area contributed by atoms with E-state index in [9.17, 15) is 4.79 Å². The molecule has 15 heavy (non-hydrogen) atoms. The normalized spacial score (nSPS) is 9.93. The first kappa shape index (κ1) is 12.1. The van der Waals surface area contributed by atoms with Gasteiger partial charge in [0.25, 0.3) is 0 Å². The van der Waals surface area contributed by atoms with Crippen LogP contribution in [0.15, 0.2) is 6.07 Å². The summed E-state index contributed by atoms with van der Waals surface area (Å²) >= 11 is 11.7. The molecule has 0 aromatic carbocycles. The largest absolute Gasteiger partial charge is 0.464 e. The summed E-state index contributed by atoms with van der Waals surface area (Å²) in [4.78, 5) is 16.9. The molecule has 0 amide bonds. The molecule has 0 aliphatic rings. The highest BCUT2D eigenvalue weighted by Gasteiger charge is 2.18. The van der Waals surface area contributed by atoms with Crippen molar-refractivity contribution in [3.63, 3.8) is 0 Å². The number of nitrogens with zero attached hydrogens (tertiary/aromatic N) is 2. The number of anilines is 1.